The molecular weight excluding hydrogens is 250 g/mol. The highest BCUT2D eigenvalue weighted by Crippen LogP contribution is 2.23. The monoisotopic (exact) mass is 279 g/mol. The molecule has 0 amide bonds. The molecule has 3 heteroatoms. The number of ether oxygens (including phenoxy) is 2. The van der Waals surface area contributed by atoms with Gasteiger partial charge in [0.05, 0.1) is 19.3 Å². The normalized spacial score (nSPS) is 14.0. The lowest BCUT2D eigenvalue weighted by atomic mass is 10.1. The standard InChI is InChI=1S/C17H29NO2/c1-4-5-6-7-9-14(2)20-17(13-18)15-10-8-11-16(12-15)19-3/h8,10-12,14,17H,4-7,9,13,18H2,1-3H3. The molecule has 114 valence electrons. The minimum absolute atomic E-state index is 0.0497. The van der Waals surface area contributed by atoms with E-state index in [1.54, 1.807) is 7.11 Å². The lowest BCUT2D eigenvalue weighted by molar-refractivity contribution is -0.00382. The summed E-state index contributed by atoms with van der Waals surface area (Å²) in [5, 5.41) is 0. The Morgan fingerprint density at radius 3 is 2.65 bits per heavy atom. The van der Waals surface area contributed by atoms with E-state index < -0.39 is 0 Å². The van der Waals surface area contributed by atoms with Crippen LogP contribution in [0.5, 0.6) is 5.75 Å². The smallest absolute Gasteiger partial charge is 0.119 e. The van der Waals surface area contributed by atoms with Crippen molar-refractivity contribution in [3.63, 3.8) is 0 Å². The third kappa shape index (κ3) is 5.93. The number of nitrogens with two attached hydrogens (primary N) is 1. The van der Waals surface area contributed by atoms with Gasteiger partial charge in [-0.2, -0.15) is 0 Å². The van der Waals surface area contributed by atoms with Crippen LogP contribution in [0.3, 0.4) is 0 Å². The van der Waals surface area contributed by atoms with Crippen LogP contribution in [0.25, 0.3) is 0 Å². The number of benzene rings is 1. The van der Waals surface area contributed by atoms with Crippen molar-refractivity contribution >= 4 is 0 Å². The minimum Gasteiger partial charge on any atom is -0.497 e. The second-order valence-corrected chi connectivity index (χ2v) is 5.30. The van der Waals surface area contributed by atoms with Crippen molar-refractivity contribution < 1.29 is 9.47 Å². The molecule has 0 aromatic heterocycles. The molecule has 0 aliphatic rings. The maximum absolute atomic E-state index is 6.08. The fraction of sp³-hybridized carbons (Fsp3) is 0.647. The summed E-state index contributed by atoms with van der Waals surface area (Å²) in [6, 6.07) is 7.96. The third-order valence-electron chi connectivity index (χ3n) is 3.54. The molecule has 0 bridgehead atoms. The maximum atomic E-state index is 6.08. The summed E-state index contributed by atoms with van der Waals surface area (Å²) in [6.07, 6.45) is 6.38. The molecule has 0 saturated carbocycles. The van der Waals surface area contributed by atoms with Gasteiger partial charge in [0.25, 0.3) is 0 Å². The number of hydrogen-bond acceptors (Lipinski definition) is 3. The van der Waals surface area contributed by atoms with E-state index in [0.717, 1.165) is 17.7 Å². The van der Waals surface area contributed by atoms with Crippen LogP contribution in [0.4, 0.5) is 0 Å². The summed E-state index contributed by atoms with van der Waals surface area (Å²) in [5.41, 5.74) is 6.95. The van der Waals surface area contributed by atoms with Crippen molar-refractivity contribution in [3.05, 3.63) is 29.8 Å². The lowest BCUT2D eigenvalue weighted by Gasteiger charge is -2.22. The quantitative estimate of drug-likeness (QED) is 0.657. The Morgan fingerprint density at radius 1 is 1.20 bits per heavy atom. The minimum atomic E-state index is -0.0497. The van der Waals surface area contributed by atoms with Crippen LogP contribution in [0.1, 0.15) is 57.6 Å². The third-order valence-corrected chi connectivity index (χ3v) is 3.54. The molecule has 1 aromatic rings. The van der Waals surface area contributed by atoms with Crippen molar-refractivity contribution in [3.8, 4) is 5.75 Å². The summed E-state index contributed by atoms with van der Waals surface area (Å²) < 4.78 is 11.3. The molecule has 0 radical (unpaired) electrons. The van der Waals surface area contributed by atoms with Gasteiger partial charge in [-0.25, -0.2) is 0 Å². The highest BCUT2D eigenvalue weighted by Gasteiger charge is 2.14. The molecule has 2 atom stereocenters. The van der Waals surface area contributed by atoms with E-state index >= 15 is 0 Å². The van der Waals surface area contributed by atoms with Crippen LogP contribution in [0.2, 0.25) is 0 Å². The van der Waals surface area contributed by atoms with Gasteiger partial charge in [0, 0.05) is 6.54 Å². The molecule has 2 unspecified atom stereocenters. The van der Waals surface area contributed by atoms with E-state index in [9.17, 15) is 0 Å². The predicted octanol–water partition coefficient (Wildman–Crippen LogP) is 4.07. The summed E-state index contributed by atoms with van der Waals surface area (Å²) in [7, 11) is 1.67. The molecule has 1 aromatic carbocycles. The van der Waals surface area contributed by atoms with E-state index in [-0.39, 0.29) is 12.2 Å². The Morgan fingerprint density at radius 2 is 2.00 bits per heavy atom. The summed E-state index contributed by atoms with van der Waals surface area (Å²) >= 11 is 0. The van der Waals surface area contributed by atoms with Crippen molar-refractivity contribution in [2.45, 2.75) is 58.2 Å². The van der Waals surface area contributed by atoms with Gasteiger partial charge >= 0.3 is 0 Å². The highest BCUT2D eigenvalue weighted by atomic mass is 16.5. The predicted molar refractivity (Wildman–Crippen MR) is 84.1 cm³/mol. The lowest BCUT2D eigenvalue weighted by Crippen LogP contribution is -2.21. The van der Waals surface area contributed by atoms with Gasteiger partial charge in [0.15, 0.2) is 0 Å². The molecule has 3 nitrogen and oxygen atoms in total. The fourth-order valence-electron chi connectivity index (χ4n) is 2.32. The average molecular weight is 279 g/mol. The molecule has 0 aliphatic carbocycles. The van der Waals surface area contributed by atoms with Gasteiger partial charge in [-0.1, -0.05) is 44.7 Å². The first-order valence-corrected chi connectivity index (χ1v) is 7.70. The topological polar surface area (TPSA) is 44.5 Å². The van der Waals surface area contributed by atoms with Gasteiger partial charge in [0.1, 0.15) is 5.75 Å². The van der Waals surface area contributed by atoms with E-state index in [2.05, 4.69) is 13.8 Å². The van der Waals surface area contributed by atoms with E-state index in [1.807, 2.05) is 24.3 Å². The molecular formula is C17H29NO2. The number of rotatable bonds is 10. The van der Waals surface area contributed by atoms with Crippen molar-refractivity contribution in [2.24, 2.45) is 5.73 Å². The number of hydrogen-bond donors (Lipinski definition) is 1. The SMILES string of the molecule is CCCCCCC(C)OC(CN)c1cccc(OC)c1. The fourth-order valence-corrected chi connectivity index (χ4v) is 2.32. The molecule has 20 heavy (non-hydrogen) atoms. The molecule has 0 spiro atoms. The van der Waals surface area contributed by atoms with Crippen LogP contribution in [-0.2, 0) is 4.74 Å². The Bertz CT molecular complexity index is 368. The first-order chi connectivity index (χ1) is 9.71. The van der Waals surface area contributed by atoms with E-state index in [0.29, 0.717) is 6.54 Å². The largest absolute Gasteiger partial charge is 0.497 e. The van der Waals surface area contributed by atoms with Crippen molar-refractivity contribution in [1.82, 2.24) is 0 Å². The van der Waals surface area contributed by atoms with Crippen LogP contribution >= 0.6 is 0 Å². The molecule has 0 aliphatic heterocycles. The Kier molecular flexibility index (Phi) is 8.31. The van der Waals surface area contributed by atoms with Crippen molar-refractivity contribution in [2.75, 3.05) is 13.7 Å². The highest BCUT2D eigenvalue weighted by molar-refractivity contribution is 5.30. The van der Waals surface area contributed by atoms with Gasteiger partial charge in [0.2, 0.25) is 0 Å². The molecule has 0 fully saturated rings. The van der Waals surface area contributed by atoms with Gasteiger partial charge in [-0.3, -0.25) is 0 Å². The van der Waals surface area contributed by atoms with Crippen LogP contribution in [0.15, 0.2) is 24.3 Å². The number of methoxy groups -OCH3 is 1. The van der Waals surface area contributed by atoms with Gasteiger partial charge in [-0.15, -0.1) is 0 Å². The Hall–Kier alpha value is -1.06. The van der Waals surface area contributed by atoms with Crippen LogP contribution in [0, 0.1) is 0 Å². The van der Waals surface area contributed by atoms with Gasteiger partial charge < -0.3 is 15.2 Å². The Balaban J connectivity index is 2.48. The first kappa shape index (κ1) is 17.0. The zero-order chi connectivity index (χ0) is 14.8. The molecule has 1 rings (SSSR count). The second kappa shape index (κ2) is 9.78. The molecule has 0 heterocycles. The number of unbranched alkanes of at least 4 members (excludes halogenated alkanes) is 3. The summed E-state index contributed by atoms with van der Waals surface area (Å²) in [6.45, 7) is 4.86. The molecule has 2 N–H and O–H groups in total. The maximum Gasteiger partial charge on any atom is 0.119 e. The van der Waals surface area contributed by atoms with Gasteiger partial charge in [-0.05, 0) is 31.0 Å². The Labute approximate surface area is 123 Å². The second-order valence-electron chi connectivity index (χ2n) is 5.30. The van der Waals surface area contributed by atoms with Crippen LogP contribution in [-0.4, -0.2) is 19.8 Å². The zero-order valence-corrected chi connectivity index (χ0v) is 13.1. The summed E-state index contributed by atoms with van der Waals surface area (Å²) in [4.78, 5) is 0. The van der Waals surface area contributed by atoms with Crippen molar-refractivity contribution in [1.29, 1.82) is 0 Å². The van der Waals surface area contributed by atoms with E-state index in [1.165, 1.54) is 25.7 Å². The zero-order valence-electron chi connectivity index (χ0n) is 13.1. The van der Waals surface area contributed by atoms with E-state index in [4.69, 9.17) is 15.2 Å². The van der Waals surface area contributed by atoms with Crippen LogP contribution < -0.4 is 10.5 Å². The first-order valence-electron chi connectivity index (χ1n) is 7.70. The molecule has 0 saturated heterocycles. The average Bonchev–Trinajstić information content (AvgIpc) is 2.49. The summed E-state index contributed by atoms with van der Waals surface area (Å²) in [5.74, 6) is 0.847.